The van der Waals surface area contributed by atoms with Gasteiger partial charge >= 0.3 is 0 Å². The number of nitrogens with zero attached hydrogens (tertiary/aromatic N) is 3. The zero-order valence-corrected chi connectivity index (χ0v) is 19.6. The van der Waals surface area contributed by atoms with Crippen molar-refractivity contribution in [2.45, 2.75) is 12.8 Å². The third kappa shape index (κ3) is 5.60. The molecule has 0 unspecified atom stereocenters. The fraction of sp³-hybridized carbons (Fsp3) is 0.364. The summed E-state index contributed by atoms with van der Waals surface area (Å²) in [6, 6.07) is 13.5. The molecule has 0 spiro atoms. The van der Waals surface area contributed by atoms with Crippen LogP contribution in [0.2, 0.25) is 5.02 Å². The summed E-state index contributed by atoms with van der Waals surface area (Å²) in [5.74, 6) is 0.916. The Morgan fingerprint density at radius 2 is 1.87 bits per heavy atom. The van der Waals surface area contributed by atoms with Crippen LogP contribution in [0.1, 0.15) is 23.2 Å². The van der Waals surface area contributed by atoms with Gasteiger partial charge in [0, 0.05) is 43.8 Å². The number of aromatic nitrogens is 1. The molecule has 1 aliphatic rings. The van der Waals surface area contributed by atoms with E-state index in [1.807, 2.05) is 0 Å². The summed E-state index contributed by atoms with van der Waals surface area (Å²) in [5, 5.41) is 4.57. The number of amides is 1. The van der Waals surface area contributed by atoms with Gasteiger partial charge in [0.1, 0.15) is 5.82 Å². The summed E-state index contributed by atoms with van der Waals surface area (Å²) < 4.78 is 5.92. The highest BCUT2D eigenvalue weighted by Gasteiger charge is 2.20. The molecule has 3 aromatic rings. The molecule has 31 heavy (non-hydrogen) atoms. The van der Waals surface area contributed by atoms with Crippen LogP contribution in [0.15, 0.2) is 42.5 Å². The number of hydrogen-bond donors (Lipinski definition) is 2. The maximum Gasteiger partial charge on any atom is 0.254 e. The minimum atomic E-state index is -0.206. The van der Waals surface area contributed by atoms with E-state index in [1.54, 1.807) is 29.7 Å². The van der Waals surface area contributed by atoms with Crippen LogP contribution in [0.3, 0.4) is 0 Å². The molecule has 1 aliphatic heterocycles. The summed E-state index contributed by atoms with van der Waals surface area (Å²) in [6.45, 7) is 5.72. The van der Waals surface area contributed by atoms with Gasteiger partial charge in [0.05, 0.1) is 15.3 Å². The predicted molar refractivity (Wildman–Crippen MR) is 133 cm³/mol. The summed E-state index contributed by atoms with van der Waals surface area (Å²) in [7, 11) is 0. The molecule has 3 N–H and O–H groups in total. The predicted octanol–water partition coefficient (Wildman–Crippen LogP) is 4.29. The van der Waals surface area contributed by atoms with Crippen LogP contribution in [0.4, 0.5) is 11.5 Å². The molecule has 2 aromatic carbocycles. The van der Waals surface area contributed by atoms with E-state index in [2.05, 4.69) is 43.8 Å². The van der Waals surface area contributed by atoms with E-state index in [9.17, 15) is 4.79 Å². The Hall–Kier alpha value is -2.06. The monoisotopic (exact) mass is 479 g/mol. The van der Waals surface area contributed by atoms with Crippen LogP contribution in [0.25, 0.3) is 10.1 Å². The molecule has 6 nitrogen and oxygen atoms in total. The number of anilines is 2. The highest BCUT2D eigenvalue weighted by Crippen LogP contribution is 2.29. The molecule has 2 heterocycles. The number of nitrogen functional groups attached to an aromatic ring is 1. The SMILES string of the molecule is Cl.Nc1cccc(Cl)c1C(=O)NCCCCN1CCN(c2nsc3ccccc23)CC1. The Balaban J connectivity index is 0.00000272. The van der Waals surface area contributed by atoms with Gasteiger partial charge in [0.25, 0.3) is 5.91 Å². The van der Waals surface area contributed by atoms with E-state index in [1.165, 1.54) is 10.1 Å². The molecule has 0 radical (unpaired) electrons. The van der Waals surface area contributed by atoms with Crippen LogP contribution in [-0.2, 0) is 0 Å². The summed E-state index contributed by atoms with van der Waals surface area (Å²) in [5.41, 5.74) is 6.64. The molecule has 0 saturated carbocycles. The highest BCUT2D eigenvalue weighted by molar-refractivity contribution is 7.13. The Morgan fingerprint density at radius 3 is 2.65 bits per heavy atom. The second-order valence-corrected chi connectivity index (χ2v) is 8.71. The van der Waals surface area contributed by atoms with E-state index in [0.717, 1.165) is 51.4 Å². The molecule has 4 rings (SSSR count). The topological polar surface area (TPSA) is 74.5 Å². The number of piperazine rings is 1. The normalized spacial score (nSPS) is 14.4. The molecule has 9 heteroatoms. The van der Waals surface area contributed by atoms with Crippen molar-refractivity contribution in [1.29, 1.82) is 0 Å². The van der Waals surface area contributed by atoms with Crippen LogP contribution in [0.5, 0.6) is 0 Å². The van der Waals surface area contributed by atoms with Crippen molar-refractivity contribution < 1.29 is 4.79 Å². The van der Waals surface area contributed by atoms with Gasteiger partial charge in [-0.25, -0.2) is 0 Å². The molecule has 166 valence electrons. The first-order chi connectivity index (χ1) is 14.6. The number of carbonyl (C=O) groups is 1. The van der Waals surface area contributed by atoms with Crippen LogP contribution >= 0.6 is 35.5 Å². The number of nitrogens with one attached hydrogen (secondary N) is 1. The average molecular weight is 480 g/mol. The Kier molecular flexibility index (Phi) is 8.37. The summed E-state index contributed by atoms with van der Waals surface area (Å²) >= 11 is 7.67. The lowest BCUT2D eigenvalue weighted by Crippen LogP contribution is -2.46. The number of benzene rings is 2. The maximum absolute atomic E-state index is 12.3. The van der Waals surface area contributed by atoms with E-state index in [-0.39, 0.29) is 18.3 Å². The molecule has 0 bridgehead atoms. The Bertz CT molecular complexity index is 1000. The van der Waals surface area contributed by atoms with Crippen LogP contribution in [-0.4, -0.2) is 54.4 Å². The second-order valence-electron chi connectivity index (χ2n) is 7.50. The third-order valence-electron chi connectivity index (χ3n) is 5.49. The first-order valence-electron chi connectivity index (χ1n) is 10.3. The van der Waals surface area contributed by atoms with Crippen LogP contribution < -0.4 is 16.0 Å². The van der Waals surface area contributed by atoms with Gasteiger partial charge in [-0.05, 0) is 55.2 Å². The van der Waals surface area contributed by atoms with Crippen molar-refractivity contribution in [3.63, 3.8) is 0 Å². The molecule has 1 saturated heterocycles. The summed E-state index contributed by atoms with van der Waals surface area (Å²) in [6.07, 6.45) is 1.96. The smallest absolute Gasteiger partial charge is 0.254 e. The molecule has 0 atom stereocenters. The van der Waals surface area contributed by atoms with Crippen molar-refractivity contribution in [1.82, 2.24) is 14.6 Å². The fourth-order valence-electron chi connectivity index (χ4n) is 3.82. The van der Waals surface area contributed by atoms with E-state index in [0.29, 0.717) is 22.8 Å². The van der Waals surface area contributed by atoms with E-state index >= 15 is 0 Å². The zero-order chi connectivity index (χ0) is 20.9. The lowest BCUT2D eigenvalue weighted by molar-refractivity contribution is 0.0953. The number of fused-ring (bicyclic) bond motifs is 1. The number of rotatable bonds is 7. The standard InChI is InChI=1S/C22H26ClN5OS.ClH/c23-17-7-5-8-18(24)20(17)22(29)25-10-3-4-11-27-12-14-28(15-13-27)21-16-6-1-2-9-19(16)30-26-21;/h1-2,5-9H,3-4,10-15,24H2,(H,25,29);1H. The zero-order valence-electron chi connectivity index (χ0n) is 17.2. The van der Waals surface area contributed by atoms with Crippen molar-refractivity contribution in [2.75, 3.05) is 49.9 Å². The third-order valence-corrected chi connectivity index (χ3v) is 6.62. The van der Waals surface area contributed by atoms with E-state index < -0.39 is 0 Å². The fourth-order valence-corrected chi connectivity index (χ4v) is 4.88. The minimum Gasteiger partial charge on any atom is -0.398 e. The highest BCUT2D eigenvalue weighted by atomic mass is 35.5. The molecule has 1 amide bonds. The molecule has 1 aromatic heterocycles. The lowest BCUT2D eigenvalue weighted by Gasteiger charge is -2.35. The average Bonchev–Trinajstić information content (AvgIpc) is 3.18. The van der Waals surface area contributed by atoms with Gasteiger partial charge in [-0.1, -0.05) is 29.8 Å². The minimum absolute atomic E-state index is 0. The van der Waals surface area contributed by atoms with Gasteiger partial charge in [-0.3, -0.25) is 9.69 Å². The van der Waals surface area contributed by atoms with Crippen molar-refractivity contribution >= 4 is 63.0 Å². The maximum atomic E-state index is 12.3. The molecular formula is C22H27Cl2N5OS. The number of hydrogen-bond acceptors (Lipinski definition) is 6. The molecule has 1 fully saturated rings. The van der Waals surface area contributed by atoms with Crippen molar-refractivity contribution in [2.24, 2.45) is 0 Å². The van der Waals surface area contributed by atoms with Gasteiger partial charge in [0.2, 0.25) is 0 Å². The first-order valence-corrected chi connectivity index (χ1v) is 11.4. The van der Waals surface area contributed by atoms with Gasteiger partial charge in [-0.15, -0.1) is 12.4 Å². The lowest BCUT2D eigenvalue weighted by atomic mass is 10.1. The van der Waals surface area contributed by atoms with Gasteiger partial charge < -0.3 is 16.0 Å². The van der Waals surface area contributed by atoms with Gasteiger partial charge in [-0.2, -0.15) is 4.37 Å². The number of carbonyl (C=O) groups excluding carboxylic acids is 1. The second kappa shape index (κ2) is 11.0. The van der Waals surface area contributed by atoms with Crippen LogP contribution in [0, 0.1) is 0 Å². The van der Waals surface area contributed by atoms with E-state index in [4.69, 9.17) is 17.3 Å². The Morgan fingerprint density at radius 1 is 1.10 bits per heavy atom. The molecular weight excluding hydrogens is 453 g/mol. The number of unbranched alkanes of at least 4 members (excludes halogenated alkanes) is 1. The van der Waals surface area contributed by atoms with Crippen molar-refractivity contribution in [3.05, 3.63) is 53.1 Å². The number of halogens is 2. The summed E-state index contributed by atoms with van der Waals surface area (Å²) in [4.78, 5) is 17.2. The van der Waals surface area contributed by atoms with Crippen molar-refractivity contribution in [3.8, 4) is 0 Å². The quantitative estimate of drug-likeness (QED) is 0.390. The number of nitrogens with two attached hydrogens (primary N) is 1. The van der Waals surface area contributed by atoms with Gasteiger partial charge in [0.15, 0.2) is 0 Å². The Labute approximate surface area is 197 Å². The molecule has 0 aliphatic carbocycles. The first kappa shape index (κ1) is 23.6. The largest absolute Gasteiger partial charge is 0.398 e.